The van der Waals surface area contributed by atoms with Gasteiger partial charge < -0.3 is 4.90 Å². The normalized spacial score (nSPS) is 19.0. The average molecular weight is 486 g/mol. The maximum Gasteiger partial charge on any atom is 0.210 e. The maximum absolute atomic E-state index is 2.54. The third-order valence-electron chi connectivity index (χ3n) is 8.60. The number of fused-ring (bicyclic) bond motifs is 6. The smallest absolute Gasteiger partial charge is 0.210 e. The van der Waals surface area contributed by atoms with Crippen LogP contribution in [0.1, 0.15) is 52.2 Å². The highest BCUT2D eigenvalue weighted by Crippen LogP contribution is 2.51. The van der Waals surface area contributed by atoms with Crippen molar-refractivity contribution in [3.8, 4) is 0 Å². The molecule has 2 heteroatoms. The summed E-state index contributed by atoms with van der Waals surface area (Å²) in [6, 6.07) is 26.7. The van der Waals surface area contributed by atoms with E-state index in [1.807, 2.05) is 0 Å². The zero-order valence-electron chi connectivity index (χ0n) is 23.0. The molecule has 0 saturated carbocycles. The molecule has 2 nitrogen and oxygen atoms in total. The standard InChI is InChI=1S/C35H37N2/c1-7-23-37-29-22-20-25-14-9-11-16-27(25)33(29)35(4,5)31(37)18-12-17-30-34(2,3)32-26-15-10-8-13-24(26)19-21-28(32)36(30)6/h8-22H,7,23H2,1-6H3/q+1. The Labute approximate surface area is 221 Å². The van der Waals surface area contributed by atoms with Crippen molar-refractivity contribution in [1.29, 1.82) is 0 Å². The summed E-state index contributed by atoms with van der Waals surface area (Å²) < 4.78 is 2.38. The summed E-state index contributed by atoms with van der Waals surface area (Å²) in [7, 11) is 2.21. The van der Waals surface area contributed by atoms with Crippen molar-refractivity contribution in [2.75, 3.05) is 18.5 Å². The molecule has 0 bridgehead atoms. The van der Waals surface area contributed by atoms with Crippen LogP contribution in [0.3, 0.4) is 0 Å². The van der Waals surface area contributed by atoms with E-state index in [4.69, 9.17) is 0 Å². The lowest BCUT2D eigenvalue weighted by Gasteiger charge is -2.26. The van der Waals surface area contributed by atoms with Crippen LogP contribution in [0.15, 0.2) is 96.7 Å². The van der Waals surface area contributed by atoms with Crippen LogP contribution in [0.2, 0.25) is 0 Å². The van der Waals surface area contributed by atoms with Crippen LogP contribution in [0, 0.1) is 0 Å². The molecule has 4 aromatic rings. The van der Waals surface area contributed by atoms with Gasteiger partial charge in [0.15, 0.2) is 5.71 Å². The number of anilines is 1. The fourth-order valence-corrected chi connectivity index (χ4v) is 6.92. The van der Waals surface area contributed by atoms with Crippen LogP contribution in [-0.2, 0) is 10.8 Å². The van der Waals surface area contributed by atoms with Crippen LogP contribution < -0.4 is 4.90 Å². The van der Waals surface area contributed by atoms with E-state index in [0.29, 0.717) is 0 Å². The molecule has 0 fully saturated rings. The lowest BCUT2D eigenvalue weighted by atomic mass is 9.79. The van der Waals surface area contributed by atoms with Gasteiger partial charge in [-0.15, -0.1) is 0 Å². The highest BCUT2D eigenvalue weighted by atomic mass is 15.2. The van der Waals surface area contributed by atoms with Gasteiger partial charge in [0.25, 0.3) is 0 Å². The lowest BCUT2D eigenvalue weighted by molar-refractivity contribution is -0.401. The van der Waals surface area contributed by atoms with Crippen LogP contribution in [0.4, 0.5) is 11.4 Å². The largest absolute Gasteiger partial charge is 0.344 e. The van der Waals surface area contributed by atoms with E-state index in [9.17, 15) is 0 Å². The minimum absolute atomic E-state index is 0.0728. The molecule has 0 aliphatic carbocycles. The Morgan fingerprint density at radius 3 is 2.05 bits per heavy atom. The SMILES string of the molecule is CCCN1/C(=C\C=C\C2=[N+](C)c3ccc4ccccc4c3C2(C)C)C(C)(C)c2c1ccc1ccccc21. The number of nitrogens with zero attached hydrogens (tertiary/aromatic N) is 2. The minimum Gasteiger partial charge on any atom is -0.344 e. The predicted octanol–water partition coefficient (Wildman–Crippen LogP) is 8.65. The summed E-state index contributed by atoms with van der Waals surface area (Å²) in [5.41, 5.74) is 8.09. The topological polar surface area (TPSA) is 6.25 Å². The number of hydrogen-bond acceptors (Lipinski definition) is 1. The summed E-state index contributed by atoms with van der Waals surface area (Å²) in [6.07, 6.45) is 8.10. The Morgan fingerprint density at radius 2 is 1.38 bits per heavy atom. The Bertz CT molecular complexity index is 1650. The molecule has 0 saturated heterocycles. The molecule has 6 rings (SSSR count). The molecule has 0 unspecified atom stereocenters. The van der Waals surface area contributed by atoms with Gasteiger partial charge in [-0.25, -0.2) is 0 Å². The van der Waals surface area contributed by atoms with E-state index in [-0.39, 0.29) is 10.8 Å². The Balaban J connectivity index is 1.44. The first-order valence-corrected chi connectivity index (χ1v) is 13.6. The molecule has 186 valence electrons. The highest BCUT2D eigenvalue weighted by Gasteiger charge is 2.44. The zero-order chi connectivity index (χ0) is 25.9. The number of benzene rings is 4. The first kappa shape index (κ1) is 23.7. The molecule has 0 aromatic heterocycles. The Hall–Kier alpha value is -3.65. The van der Waals surface area contributed by atoms with Crippen molar-refractivity contribution >= 4 is 38.6 Å². The van der Waals surface area contributed by atoms with Crippen molar-refractivity contribution in [3.63, 3.8) is 0 Å². The predicted molar refractivity (Wildman–Crippen MR) is 160 cm³/mol. The molecule has 0 atom stereocenters. The van der Waals surface area contributed by atoms with E-state index >= 15 is 0 Å². The van der Waals surface area contributed by atoms with Crippen LogP contribution in [0.5, 0.6) is 0 Å². The van der Waals surface area contributed by atoms with Gasteiger partial charge in [0, 0.05) is 41.1 Å². The zero-order valence-corrected chi connectivity index (χ0v) is 23.0. The van der Waals surface area contributed by atoms with Gasteiger partial charge in [-0.05, 0) is 65.6 Å². The summed E-state index contributed by atoms with van der Waals surface area (Å²) in [6.45, 7) is 12.8. The summed E-state index contributed by atoms with van der Waals surface area (Å²) in [4.78, 5) is 2.54. The van der Waals surface area contributed by atoms with Gasteiger partial charge in [-0.1, -0.05) is 81.4 Å². The van der Waals surface area contributed by atoms with Crippen LogP contribution in [-0.4, -0.2) is 23.9 Å². The molecule has 2 aliphatic rings. The monoisotopic (exact) mass is 485 g/mol. The first-order chi connectivity index (χ1) is 17.8. The van der Waals surface area contributed by atoms with E-state index in [1.54, 1.807) is 0 Å². The first-order valence-electron chi connectivity index (χ1n) is 13.6. The van der Waals surface area contributed by atoms with Gasteiger partial charge in [-0.2, -0.15) is 4.58 Å². The van der Waals surface area contributed by atoms with Gasteiger partial charge >= 0.3 is 0 Å². The molecule has 0 N–H and O–H groups in total. The van der Waals surface area contributed by atoms with Gasteiger partial charge in [0.05, 0.1) is 5.41 Å². The molecule has 4 aromatic carbocycles. The maximum atomic E-state index is 2.54. The summed E-state index contributed by atoms with van der Waals surface area (Å²) in [5.74, 6) is 0. The fourth-order valence-electron chi connectivity index (χ4n) is 6.92. The molecule has 0 amide bonds. The molecule has 0 radical (unpaired) electrons. The molecule has 2 heterocycles. The van der Waals surface area contributed by atoms with E-state index < -0.39 is 0 Å². The van der Waals surface area contributed by atoms with Crippen molar-refractivity contribution in [3.05, 3.63) is 108 Å². The van der Waals surface area contributed by atoms with Crippen molar-refractivity contribution < 1.29 is 4.58 Å². The number of rotatable bonds is 4. The van der Waals surface area contributed by atoms with Gasteiger partial charge in [0.1, 0.15) is 7.05 Å². The number of allylic oxidation sites excluding steroid dienone is 4. The molecule has 2 aliphatic heterocycles. The van der Waals surface area contributed by atoms with E-state index in [0.717, 1.165) is 13.0 Å². The van der Waals surface area contributed by atoms with E-state index in [1.165, 1.54) is 55.5 Å². The quantitative estimate of drug-likeness (QED) is 0.262. The Morgan fingerprint density at radius 1 is 0.757 bits per heavy atom. The van der Waals surface area contributed by atoms with Crippen molar-refractivity contribution in [1.82, 2.24) is 0 Å². The van der Waals surface area contributed by atoms with Crippen molar-refractivity contribution in [2.45, 2.75) is 51.9 Å². The van der Waals surface area contributed by atoms with Crippen LogP contribution in [0.25, 0.3) is 21.5 Å². The summed E-state index contributed by atoms with van der Waals surface area (Å²) >= 11 is 0. The Kier molecular flexibility index (Phi) is 5.42. The molecule has 37 heavy (non-hydrogen) atoms. The third-order valence-corrected chi connectivity index (χ3v) is 8.60. The van der Waals surface area contributed by atoms with Gasteiger partial charge in [0.2, 0.25) is 5.69 Å². The second-order valence-electron chi connectivity index (χ2n) is 11.6. The van der Waals surface area contributed by atoms with Crippen molar-refractivity contribution in [2.24, 2.45) is 0 Å². The van der Waals surface area contributed by atoms with E-state index in [2.05, 4.69) is 142 Å². The lowest BCUT2D eigenvalue weighted by Crippen LogP contribution is -2.27. The molecular weight excluding hydrogens is 448 g/mol. The second-order valence-corrected chi connectivity index (χ2v) is 11.6. The third kappa shape index (κ3) is 3.42. The second kappa shape index (κ2) is 8.45. The minimum atomic E-state index is -0.0760. The fraction of sp³-hybridized carbons (Fsp3) is 0.286. The summed E-state index contributed by atoms with van der Waals surface area (Å²) in [5, 5.41) is 5.35. The van der Waals surface area contributed by atoms with Crippen LogP contribution >= 0.6 is 0 Å². The highest BCUT2D eigenvalue weighted by molar-refractivity contribution is 6.07. The molecular formula is C35H37N2+. The average Bonchev–Trinajstić information content (AvgIpc) is 3.23. The molecule has 0 spiro atoms. The number of hydrogen-bond donors (Lipinski definition) is 0. The van der Waals surface area contributed by atoms with Gasteiger partial charge in [-0.3, -0.25) is 0 Å².